The van der Waals surface area contributed by atoms with Crippen LogP contribution in [0, 0.1) is 17.8 Å². The average molecular weight is 538 g/mol. The highest BCUT2D eigenvalue weighted by molar-refractivity contribution is 5.77. The van der Waals surface area contributed by atoms with Crippen LogP contribution in [0.15, 0.2) is 18.2 Å². The van der Waals surface area contributed by atoms with Gasteiger partial charge in [-0.05, 0) is 41.9 Å². The lowest BCUT2D eigenvalue weighted by Gasteiger charge is -2.28. The molecule has 5 atom stereocenters. The first kappa shape index (κ1) is 32.9. The molecule has 0 heterocycles. The molecule has 1 rings (SSSR count). The van der Waals surface area contributed by atoms with Crippen molar-refractivity contribution in [2.45, 2.75) is 85.6 Å². The minimum atomic E-state index is -1.36. The molecule has 0 radical (unpaired) electrons. The zero-order valence-corrected chi connectivity index (χ0v) is 23.4. The van der Waals surface area contributed by atoms with Crippen LogP contribution in [-0.4, -0.2) is 48.4 Å². The van der Waals surface area contributed by atoms with Gasteiger partial charge in [0, 0.05) is 18.8 Å². The van der Waals surface area contributed by atoms with E-state index in [-0.39, 0.29) is 49.4 Å². The van der Waals surface area contributed by atoms with Crippen LogP contribution >= 0.6 is 0 Å². The van der Waals surface area contributed by atoms with Crippen LogP contribution in [0.25, 0.3) is 0 Å². The van der Waals surface area contributed by atoms with E-state index in [1.165, 1.54) is 12.1 Å². The molecule has 4 unspecified atom stereocenters. The number of rotatable bonds is 16. The van der Waals surface area contributed by atoms with Crippen molar-refractivity contribution >= 4 is 24.1 Å². The van der Waals surface area contributed by atoms with Crippen molar-refractivity contribution in [2.75, 3.05) is 13.2 Å². The van der Waals surface area contributed by atoms with Gasteiger partial charge in [-0.15, -0.1) is 0 Å². The molecule has 0 fully saturated rings. The standard InChI is InChI=1S/C28H43NO9/c1-7-12-35-28(34)36-16-19(6)25(26(29)27(32)33)20-10-11-21(37-23(30)13-17(4)8-2)22(15-20)38-24(31)14-18(5)9-3/h10-11,15,17-19,25-26H,7-9,12-14,16,29H2,1-6H3,(H,32,33)/t17?,18?,19?,25?,26-/m0/s1. The molecule has 0 saturated carbocycles. The summed E-state index contributed by atoms with van der Waals surface area (Å²) in [6.07, 6.45) is 1.69. The second kappa shape index (κ2) is 16.7. The predicted molar refractivity (Wildman–Crippen MR) is 141 cm³/mol. The monoisotopic (exact) mass is 537 g/mol. The van der Waals surface area contributed by atoms with Crippen LogP contribution < -0.4 is 15.2 Å². The Morgan fingerprint density at radius 3 is 1.92 bits per heavy atom. The molecule has 0 amide bonds. The van der Waals surface area contributed by atoms with Crippen LogP contribution in [0.1, 0.15) is 85.1 Å². The Hall–Kier alpha value is -3.14. The predicted octanol–water partition coefficient (Wildman–Crippen LogP) is 5.06. The fourth-order valence-electron chi connectivity index (χ4n) is 3.66. The molecular formula is C28H43NO9. The van der Waals surface area contributed by atoms with Crippen LogP contribution in [0.2, 0.25) is 0 Å². The number of carboxylic acid groups (broad SMARTS) is 1. The number of nitrogens with two attached hydrogens (primary N) is 1. The number of hydrogen-bond acceptors (Lipinski definition) is 9. The molecule has 3 N–H and O–H groups in total. The van der Waals surface area contributed by atoms with Crippen molar-refractivity contribution in [3.05, 3.63) is 23.8 Å². The summed E-state index contributed by atoms with van der Waals surface area (Å²) in [7, 11) is 0. The van der Waals surface area contributed by atoms with Gasteiger partial charge in [0.2, 0.25) is 0 Å². The number of benzene rings is 1. The maximum Gasteiger partial charge on any atom is 0.508 e. The fourth-order valence-corrected chi connectivity index (χ4v) is 3.66. The molecule has 0 aliphatic carbocycles. The van der Waals surface area contributed by atoms with Gasteiger partial charge in [0.15, 0.2) is 11.5 Å². The molecular weight excluding hydrogens is 494 g/mol. The van der Waals surface area contributed by atoms with Gasteiger partial charge in [0.1, 0.15) is 6.04 Å². The van der Waals surface area contributed by atoms with E-state index in [1.54, 1.807) is 13.0 Å². The molecule has 0 saturated heterocycles. The summed E-state index contributed by atoms with van der Waals surface area (Å²) in [4.78, 5) is 48.7. The molecule has 0 spiro atoms. The number of carbonyl (C=O) groups is 4. The SMILES string of the molecule is CCCOC(=O)OCC(C)C(c1ccc(OC(=O)CC(C)CC)c(OC(=O)CC(C)CC)c1)[C@H](N)C(=O)O. The van der Waals surface area contributed by atoms with Gasteiger partial charge in [0.25, 0.3) is 0 Å². The van der Waals surface area contributed by atoms with E-state index in [2.05, 4.69) is 0 Å². The summed E-state index contributed by atoms with van der Waals surface area (Å²) in [5, 5.41) is 9.67. The van der Waals surface area contributed by atoms with E-state index < -0.39 is 41.9 Å². The summed E-state index contributed by atoms with van der Waals surface area (Å²) in [5.74, 6) is -3.38. The van der Waals surface area contributed by atoms with Crippen molar-refractivity contribution in [3.63, 3.8) is 0 Å². The first-order valence-electron chi connectivity index (χ1n) is 13.3. The topological polar surface area (TPSA) is 151 Å². The number of carboxylic acids is 1. The molecule has 0 aliphatic heterocycles. The lowest BCUT2D eigenvalue weighted by Crippen LogP contribution is -2.40. The second-order valence-electron chi connectivity index (χ2n) is 9.87. The summed E-state index contributed by atoms with van der Waals surface area (Å²) >= 11 is 0. The number of hydrogen-bond donors (Lipinski definition) is 2. The maximum atomic E-state index is 12.6. The first-order valence-corrected chi connectivity index (χ1v) is 13.3. The largest absolute Gasteiger partial charge is 0.508 e. The van der Waals surface area contributed by atoms with Crippen molar-refractivity contribution in [1.29, 1.82) is 0 Å². The highest BCUT2D eigenvalue weighted by atomic mass is 16.7. The average Bonchev–Trinajstić information content (AvgIpc) is 2.87. The number of aliphatic carboxylic acids is 1. The second-order valence-corrected chi connectivity index (χ2v) is 9.87. The zero-order chi connectivity index (χ0) is 28.8. The van der Waals surface area contributed by atoms with E-state index in [9.17, 15) is 24.3 Å². The molecule has 214 valence electrons. The normalized spacial score (nSPS) is 14.9. The summed E-state index contributed by atoms with van der Waals surface area (Å²) in [6, 6.07) is 3.12. The number of carbonyl (C=O) groups excluding carboxylic acids is 3. The van der Waals surface area contributed by atoms with Gasteiger partial charge in [-0.25, -0.2) is 4.79 Å². The minimum Gasteiger partial charge on any atom is -0.480 e. The van der Waals surface area contributed by atoms with E-state index in [0.29, 0.717) is 12.0 Å². The van der Waals surface area contributed by atoms with Crippen LogP contribution in [0.5, 0.6) is 11.5 Å². The van der Waals surface area contributed by atoms with Crippen LogP contribution in [0.3, 0.4) is 0 Å². The molecule has 0 aliphatic rings. The molecule has 38 heavy (non-hydrogen) atoms. The highest BCUT2D eigenvalue weighted by Gasteiger charge is 2.33. The molecule has 0 bridgehead atoms. The van der Waals surface area contributed by atoms with Gasteiger partial charge in [-0.2, -0.15) is 0 Å². The maximum absolute atomic E-state index is 12.6. The summed E-state index contributed by atoms with van der Waals surface area (Å²) in [5.41, 5.74) is 6.46. The Morgan fingerprint density at radius 2 is 1.42 bits per heavy atom. The smallest absolute Gasteiger partial charge is 0.480 e. The lowest BCUT2D eigenvalue weighted by molar-refractivity contribution is -0.139. The Labute approximate surface area is 225 Å². The van der Waals surface area contributed by atoms with Gasteiger partial charge in [-0.3, -0.25) is 14.4 Å². The number of ether oxygens (including phenoxy) is 4. The Morgan fingerprint density at radius 1 is 0.868 bits per heavy atom. The summed E-state index contributed by atoms with van der Waals surface area (Å²) < 4.78 is 21.2. The molecule has 10 nitrogen and oxygen atoms in total. The third-order valence-corrected chi connectivity index (χ3v) is 6.40. The highest BCUT2D eigenvalue weighted by Crippen LogP contribution is 2.36. The lowest BCUT2D eigenvalue weighted by atomic mass is 9.82. The van der Waals surface area contributed by atoms with Crippen LogP contribution in [-0.2, 0) is 23.9 Å². The Balaban J connectivity index is 3.34. The molecule has 0 aromatic heterocycles. The first-order chi connectivity index (χ1) is 17.9. The quantitative estimate of drug-likeness (QED) is 0.216. The van der Waals surface area contributed by atoms with Gasteiger partial charge in [-0.1, -0.05) is 60.5 Å². The minimum absolute atomic E-state index is 0.00799. The van der Waals surface area contributed by atoms with Gasteiger partial charge < -0.3 is 29.8 Å². The third-order valence-electron chi connectivity index (χ3n) is 6.40. The van der Waals surface area contributed by atoms with Crippen molar-refractivity contribution in [3.8, 4) is 11.5 Å². The van der Waals surface area contributed by atoms with E-state index in [4.69, 9.17) is 24.7 Å². The Bertz CT molecular complexity index is 933. The Kier molecular flexibility index (Phi) is 14.4. The molecule has 1 aromatic carbocycles. The van der Waals surface area contributed by atoms with Gasteiger partial charge >= 0.3 is 24.1 Å². The van der Waals surface area contributed by atoms with E-state index in [0.717, 1.165) is 12.8 Å². The van der Waals surface area contributed by atoms with Gasteiger partial charge in [0.05, 0.1) is 13.2 Å². The van der Waals surface area contributed by atoms with Crippen molar-refractivity contribution in [2.24, 2.45) is 23.5 Å². The fraction of sp³-hybridized carbons (Fsp3) is 0.643. The third kappa shape index (κ3) is 11.1. The van der Waals surface area contributed by atoms with E-state index >= 15 is 0 Å². The van der Waals surface area contributed by atoms with E-state index in [1.807, 2.05) is 34.6 Å². The summed E-state index contributed by atoms with van der Waals surface area (Å²) in [6.45, 7) is 11.4. The zero-order valence-electron chi connectivity index (χ0n) is 23.4. The van der Waals surface area contributed by atoms with Crippen molar-refractivity contribution in [1.82, 2.24) is 0 Å². The number of esters is 2. The van der Waals surface area contributed by atoms with Crippen LogP contribution in [0.4, 0.5) is 4.79 Å². The van der Waals surface area contributed by atoms with Crippen molar-refractivity contribution < 1.29 is 43.2 Å². The molecule has 10 heteroatoms. The molecule has 1 aromatic rings.